The highest BCUT2D eigenvalue weighted by Crippen LogP contribution is 2.20. The molecule has 0 aliphatic carbocycles. The first-order valence-corrected chi connectivity index (χ1v) is 5.56. The second-order valence-electron chi connectivity index (χ2n) is 3.85. The van der Waals surface area contributed by atoms with Gasteiger partial charge in [-0.05, 0) is 46.1 Å². The summed E-state index contributed by atoms with van der Waals surface area (Å²) in [5, 5.41) is 3.35. The number of anilines is 1. The number of nitrogens with one attached hydrogen (secondary N) is 1. The molecule has 0 saturated heterocycles. The van der Waals surface area contributed by atoms with Crippen molar-refractivity contribution in [3.63, 3.8) is 0 Å². The Morgan fingerprint density at radius 3 is 3.00 bits per heavy atom. The molecule has 1 aromatic rings. The highest BCUT2D eigenvalue weighted by Gasteiger charge is 1.99. The molecule has 0 bridgehead atoms. The van der Waals surface area contributed by atoms with Crippen molar-refractivity contribution in [1.82, 2.24) is 9.88 Å². The summed E-state index contributed by atoms with van der Waals surface area (Å²) in [6.07, 6.45) is 4.62. The first kappa shape index (κ1) is 12.6. The molecule has 0 spiro atoms. The monoisotopic (exact) mass is 220 g/mol. The Hall–Kier alpha value is -1.42. The molecule has 16 heavy (non-hydrogen) atoms. The van der Waals surface area contributed by atoms with Crippen LogP contribution in [0, 0.1) is 0 Å². The number of rotatable bonds is 6. The largest absolute Gasteiger partial charge is 0.382 e. The van der Waals surface area contributed by atoms with Crippen molar-refractivity contribution in [2.24, 2.45) is 4.99 Å². The van der Waals surface area contributed by atoms with Crippen LogP contribution in [0.5, 0.6) is 0 Å². The van der Waals surface area contributed by atoms with Crippen LogP contribution in [0.15, 0.2) is 23.3 Å². The van der Waals surface area contributed by atoms with E-state index in [4.69, 9.17) is 0 Å². The first-order valence-electron chi connectivity index (χ1n) is 5.56. The number of pyridine rings is 1. The summed E-state index contributed by atoms with van der Waals surface area (Å²) in [5.41, 5.74) is 0.999. The van der Waals surface area contributed by atoms with Crippen LogP contribution in [0.2, 0.25) is 0 Å². The van der Waals surface area contributed by atoms with Crippen molar-refractivity contribution in [3.05, 3.63) is 18.3 Å². The highest BCUT2D eigenvalue weighted by molar-refractivity contribution is 5.67. The smallest absolute Gasteiger partial charge is 0.175 e. The van der Waals surface area contributed by atoms with Crippen LogP contribution in [0.1, 0.15) is 13.3 Å². The topological polar surface area (TPSA) is 40.5 Å². The Balaban J connectivity index is 2.46. The van der Waals surface area contributed by atoms with Crippen LogP contribution in [-0.4, -0.2) is 43.3 Å². The van der Waals surface area contributed by atoms with Gasteiger partial charge < -0.3 is 10.2 Å². The zero-order valence-corrected chi connectivity index (χ0v) is 10.3. The molecule has 0 aliphatic heterocycles. The third kappa shape index (κ3) is 4.40. The fraction of sp³-hybridized carbons (Fsp3) is 0.500. The minimum absolute atomic E-state index is 0.759. The van der Waals surface area contributed by atoms with Crippen LogP contribution in [-0.2, 0) is 0 Å². The van der Waals surface area contributed by atoms with Gasteiger partial charge in [0.15, 0.2) is 5.82 Å². The summed E-state index contributed by atoms with van der Waals surface area (Å²) in [5.74, 6) is 0.759. The third-order valence-corrected chi connectivity index (χ3v) is 2.14. The van der Waals surface area contributed by atoms with Crippen molar-refractivity contribution >= 4 is 17.7 Å². The molecule has 0 fully saturated rings. The first-order chi connectivity index (χ1) is 7.74. The quantitative estimate of drug-likeness (QED) is 0.590. The normalized spacial score (nSPS) is 11.2. The van der Waals surface area contributed by atoms with E-state index in [0.717, 1.165) is 31.0 Å². The van der Waals surface area contributed by atoms with E-state index in [9.17, 15) is 0 Å². The maximum absolute atomic E-state index is 4.21. The van der Waals surface area contributed by atoms with E-state index in [2.05, 4.69) is 34.3 Å². The standard InChI is InChI=1S/C12H20N4/c1-4-13-12-11(7-5-8-15-12)14-9-6-10-16(2)3/h4-5,7-8,14H,6,9-10H2,1-3H3. The Morgan fingerprint density at radius 1 is 1.50 bits per heavy atom. The Morgan fingerprint density at radius 2 is 2.31 bits per heavy atom. The highest BCUT2D eigenvalue weighted by atomic mass is 15.1. The van der Waals surface area contributed by atoms with Crippen LogP contribution < -0.4 is 5.32 Å². The van der Waals surface area contributed by atoms with Gasteiger partial charge in [0.1, 0.15) is 0 Å². The minimum Gasteiger partial charge on any atom is -0.382 e. The molecule has 1 N–H and O–H groups in total. The molecular weight excluding hydrogens is 200 g/mol. The molecular formula is C12H20N4. The molecule has 4 heteroatoms. The molecule has 0 aliphatic rings. The van der Waals surface area contributed by atoms with Gasteiger partial charge in [-0.15, -0.1) is 0 Å². The molecule has 1 aromatic heterocycles. The molecule has 4 nitrogen and oxygen atoms in total. The summed E-state index contributed by atoms with van der Waals surface area (Å²) in [6.45, 7) is 3.92. The number of aliphatic imine (C=N–C) groups is 1. The second-order valence-corrected chi connectivity index (χ2v) is 3.85. The predicted molar refractivity (Wildman–Crippen MR) is 69.7 cm³/mol. The second kappa shape index (κ2) is 6.95. The zero-order chi connectivity index (χ0) is 11.8. The van der Waals surface area contributed by atoms with E-state index in [-0.39, 0.29) is 0 Å². The molecule has 0 atom stereocenters. The molecule has 0 radical (unpaired) electrons. The molecule has 0 amide bonds. The average molecular weight is 220 g/mol. The summed E-state index contributed by atoms with van der Waals surface area (Å²) in [4.78, 5) is 10.6. The van der Waals surface area contributed by atoms with Gasteiger partial charge in [0.2, 0.25) is 0 Å². The molecule has 1 heterocycles. The van der Waals surface area contributed by atoms with E-state index in [1.165, 1.54) is 0 Å². The fourth-order valence-electron chi connectivity index (χ4n) is 1.38. The average Bonchev–Trinajstić information content (AvgIpc) is 2.26. The van der Waals surface area contributed by atoms with Gasteiger partial charge in [-0.25, -0.2) is 9.98 Å². The number of nitrogens with zero attached hydrogens (tertiary/aromatic N) is 3. The summed E-state index contributed by atoms with van der Waals surface area (Å²) >= 11 is 0. The van der Waals surface area contributed by atoms with Gasteiger partial charge in [0, 0.05) is 19.0 Å². The molecule has 0 aromatic carbocycles. The summed E-state index contributed by atoms with van der Waals surface area (Å²) in [6, 6.07) is 3.92. The fourth-order valence-corrected chi connectivity index (χ4v) is 1.38. The number of hydrogen-bond acceptors (Lipinski definition) is 4. The third-order valence-electron chi connectivity index (χ3n) is 2.14. The van der Waals surface area contributed by atoms with Gasteiger partial charge in [-0.3, -0.25) is 0 Å². The lowest BCUT2D eigenvalue weighted by molar-refractivity contribution is 0.405. The van der Waals surface area contributed by atoms with E-state index < -0.39 is 0 Å². The van der Waals surface area contributed by atoms with Crippen LogP contribution in [0.25, 0.3) is 0 Å². The minimum atomic E-state index is 0.759. The maximum atomic E-state index is 4.21. The molecule has 0 unspecified atom stereocenters. The predicted octanol–water partition coefficient (Wildman–Crippen LogP) is 2.17. The van der Waals surface area contributed by atoms with Crippen LogP contribution in [0.3, 0.4) is 0 Å². The number of hydrogen-bond donors (Lipinski definition) is 1. The van der Waals surface area contributed by atoms with Crippen LogP contribution in [0.4, 0.5) is 11.5 Å². The molecule has 0 saturated carbocycles. The lowest BCUT2D eigenvalue weighted by Crippen LogP contribution is -2.16. The number of aromatic nitrogens is 1. The van der Waals surface area contributed by atoms with Gasteiger partial charge in [-0.1, -0.05) is 0 Å². The van der Waals surface area contributed by atoms with Crippen molar-refractivity contribution in [3.8, 4) is 0 Å². The lowest BCUT2D eigenvalue weighted by Gasteiger charge is -2.11. The Kier molecular flexibility index (Phi) is 5.50. The molecule has 88 valence electrons. The van der Waals surface area contributed by atoms with E-state index in [1.807, 2.05) is 19.1 Å². The summed E-state index contributed by atoms with van der Waals surface area (Å²) in [7, 11) is 4.16. The van der Waals surface area contributed by atoms with Crippen LogP contribution >= 0.6 is 0 Å². The van der Waals surface area contributed by atoms with Crippen molar-refractivity contribution in [2.75, 3.05) is 32.5 Å². The SMILES string of the molecule is CC=Nc1ncccc1NCCCN(C)C. The molecule has 1 rings (SSSR count). The van der Waals surface area contributed by atoms with Crippen molar-refractivity contribution < 1.29 is 0 Å². The van der Waals surface area contributed by atoms with Crippen molar-refractivity contribution in [2.45, 2.75) is 13.3 Å². The Bertz CT molecular complexity index is 334. The van der Waals surface area contributed by atoms with Gasteiger partial charge in [0.05, 0.1) is 5.69 Å². The van der Waals surface area contributed by atoms with Crippen molar-refractivity contribution in [1.29, 1.82) is 0 Å². The van der Waals surface area contributed by atoms with Gasteiger partial charge >= 0.3 is 0 Å². The van der Waals surface area contributed by atoms with E-state index >= 15 is 0 Å². The van der Waals surface area contributed by atoms with Gasteiger partial charge in [-0.2, -0.15) is 0 Å². The Labute approximate surface area is 97.4 Å². The van der Waals surface area contributed by atoms with E-state index in [1.54, 1.807) is 12.4 Å². The maximum Gasteiger partial charge on any atom is 0.175 e. The summed E-state index contributed by atoms with van der Waals surface area (Å²) < 4.78 is 0. The lowest BCUT2D eigenvalue weighted by atomic mass is 10.3. The van der Waals surface area contributed by atoms with E-state index in [0.29, 0.717) is 0 Å². The van der Waals surface area contributed by atoms with Gasteiger partial charge in [0.25, 0.3) is 0 Å². The zero-order valence-electron chi connectivity index (χ0n) is 10.3.